The van der Waals surface area contributed by atoms with Crippen LogP contribution in [0.4, 0.5) is 20.6 Å². The number of anilines is 2. The molecule has 27 heavy (non-hydrogen) atoms. The van der Waals surface area contributed by atoms with E-state index in [0.29, 0.717) is 12.2 Å². The molecular weight excluding hydrogens is 347 g/mol. The van der Waals surface area contributed by atoms with Crippen LogP contribution in [0.1, 0.15) is 11.1 Å². The zero-order valence-electron chi connectivity index (χ0n) is 15.1. The van der Waals surface area contributed by atoms with Gasteiger partial charge in [0.2, 0.25) is 0 Å². The Morgan fingerprint density at radius 1 is 1.26 bits per heavy atom. The lowest BCUT2D eigenvalue weighted by atomic mass is 10.1. The molecule has 140 valence electrons. The Hall–Kier alpha value is -3.11. The van der Waals surface area contributed by atoms with Gasteiger partial charge in [-0.05, 0) is 35.9 Å². The first-order chi connectivity index (χ1) is 13.1. The number of urea groups is 1. The molecule has 3 rings (SSSR count). The first-order valence-corrected chi connectivity index (χ1v) is 8.70. The second kappa shape index (κ2) is 8.52. The summed E-state index contributed by atoms with van der Waals surface area (Å²) in [4.78, 5) is 16.1. The fourth-order valence-corrected chi connectivity index (χ4v) is 2.91. The molecule has 0 bridgehead atoms. The normalized spacial score (nSPS) is 13.7. The minimum Gasteiger partial charge on any atom is -0.378 e. The van der Waals surface area contributed by atoms with Crippen molar-refractivity contribution in [1.29, 1.82) is 5.26 Å². The molecule has 0 unspecified atom stereocenters. The number of morpholine rings is 1. The SMILES string of the molecule is CN(Cc1ccc(N2CCOCC2)cc1)C(=O)Nc1ccc(F)cc1C#N. The molecule has 2 amide bonds. The third-order valence-corrected chi connectivity index (χ3v) is 4.42. The highest BCUT2D eigenvalue weighted by Gasteiger charge is 2.14. The average Bonchev–Trinajstić information content (AvgIpc) is 2.70. The van der Waals surface area contributed by atoms with Crippen molar-refractivity contribution in [3.05, 3.63) is 59.4 Å². The smallest absolute Gasteiger partial charge is 0.321 e. The molecule has 0 saturated carbocycles. The molecule has 0 aliphatic carbocycles. The highest BCUT2D eigenvalue weighted by Crippen LogP contribution is 2.19. The molecular formula is C20H21FN4O2. The van der Waals surface area contributed by atoms with Gasteiger partial charge in [0, 0.05) is 32.4 Å². The van der Waals surface area contributed by atoms with Crippen LogP contribution in [0.3, 0.4) is 0 Å². The van der Waals surface area contributed by atoms with Crippen LogP contribution in [-0.2, 0) is 11.3 Å². The van der Waals surface area contributed by atoms with Crippen molar-refractivity contribution in [3.63, 3.8) is 0 Å². The first-order valence-electron chi connectivity index (χ1n) is 8.70. The number of hydrogen-bond acceptors (Lipinski definition) is 4. The number of carbonyl (C=O) groups excluding carboxylic acids is 1. The van der Waals surface area contributed by atoms with Gasteiger partial charge in [0.25, 0.3) is 0 Å². The van der Waals surface area contributed by atoms with Gasteiger partial charge < -0.3 is 19.9 Å². The summed E-state index contributed by atoms with van der Waals surface area (Å²) in [6, 6.07) is 13.3. The van der Waals surface area contributed by atoms with Crippen LogP contribution in [0, 0.1) is 17.1 Å². The summed E-state index contributed by atoms with van der Waals surface area (Å²) in [5.41, 5.74) is 2.51. The van der Waals surface area contributed by atoms with Crippen LogP contribution in [0.5, 0.6) is 0 Å². The number of hydrogen-bond donors (Lipinski definition) is 1. The summed E-state index contributed by atoms with van der Waals surface area (Å²) in [6.07, 6.45) is 0. The predicted octanol–water partition coefficient (Wildman–Crippen LogP) is 3.20. The zero-order valence-corrected chi connectivity index (χ0v) is 15.1. The molecule has 0 spiro atoms. The summed E-state index contributed by atoms with van der Waals surface area (Å²) in [6.45, 7) is 3.64. The van der Waals surface area contributed by atoms with E-state index in [-0.39, 0.29) is 11.6 Å². The Balaban J connectivity index is 1.60. The van der Waals surface area contributed by atoms with Crippen molar-refractivity contribution in [3.8, 4) is 6.07 Å². The van der Waals surface area contributed by atoms with Crippen molar-refractivity contribution in [2.75, 3.05) is 43.6 Å². The maximum atomic E-state index is 13.2. The van der Waals surface area contributed by atoms with Gasteiger partial charge in [-0.1, -0.05) is 12.1 Å². The summed E-state index contributed by atoms with van der Waals surface area (Å²) in [5, 5.41) is 11.7. The third-order valence-electron chi connectivity index (χ3n) is 4.42. The number of nitrogens with one attached hydrogen (secondary N) is 1. The van der Waals surface area contributed by atoms with Gasteiger partial charge >= 0.3 is 6.03 Å². The number of nitrogens with zero attached hydrogens (tertiary/aromatic N) is 3. The second-order valence-corrected chi connectivity index (χ2v) is 6.35. The van der Waals surface area contributed by atoms with Crippen molar-refractivity contribution in [1.82, 2.24) is 4.90 Å². The highest BCUT2D eigenvalue weighted by atomic mass is 19.1. The summed E-state index contributed by atoms with van der Waals surface area (Å²) in [7, 11) is 1.67. The van der Waals surface area contributed by atoms with E-state index in [1.54, 1.807) is 7.05 Å². The van der Waals surface area contributed by atoms with Crippen LogP contribution in [0.2, 0.25) is 0 Å². The van der Waals surface area contributed by atoms with Crippen LogP contribution in [0.25, 0.3) is 0 Å². The average molecular weight is 368 g/mol. The van der Waals surface area contributed by atoms with Crippen molar-refractivity contribution in [2.24, 2.45) is 0 Å². The lowest BCUT2D eigenvalue weighted by Gasteiger charge is -2.29. The fourth-order valence-electron chi connectivity index (χ4n) is 2.91. The van der Waals surface area contributed by atoms with Gasteiger partial charge in [-0.2, -0.15) is 5.26 Å². The van der Waals surface area contributed by atoms with Crippen molar-refractivity contribution < 1.29 is 13.9 Å². The number of nitriles is 1. The maximum absolute atomic E-state index is 13.2. The van der Waals surface area contributed by atoms with E-state index in [1.165, 1.54) is 17.0 Å². The Kier molecular flexibility index (Phi) is 5.89. The van der Waals surface area contributed by atoms with E-state index in [2.05, 4.69) is 10.2 Å². The molecule has 1 aliphatic heterocycles. The summed E-state index contributed by atoms with van der Waals surface area (Å²) in [5.74, 6) is -0.515. The van der Waals surface area contributed by atoms with Gasteiger partial charge in [0.05, 0.1) is 24.5 Å². The molecule has 2 aromatic rings. The van der Waals surface area contributed by atoms with Crippen LogP contribution in [0.15, 0.2) is 42.5 Å². The number of halogens is 1. The molecule has 7 heteroatoms. The fraction of sp³-hybridized carbons (Fsp3) is 0.300. The van der Waals surface area contributed by atoms with E-state index in [0.717, 1.165) is 43.6 Å². The molecule has 0 radical (unpaired) electrons. The topological polar surface area (TPSA) is 68.6 Å². The minimum absolute atomic E-state index is 0.0895. The van der Waals surface area contributed by atoms with E-state index >= 15 is 0 Å². The summed E-state index contributed by atoms with van der Waals surface area (Å²) >= 11 is 0. The van der Waals surface area contributed by atoms with E-state index in [9.17, 15) is 9.18 Å². The molecule has 1 fully saturated rings. The zero-order chi connectivity index (χ0) is 19.2. The largest absolute Gasteiger partial charge is 0.378 e. The number of amides is 2. The molecule has 6 nitrogen and oxygen atoms in total. The highest BCUT2D eigenvalue weighted by molar-refractivity contribution is 5.90. The Labute approximate surface area is 157 Å². The van der Waals surface area contributed by atoms with Crippen molar-refractivity contribution >= 4 is 17.4 Å². The molecule has 1 N–H and O–H groups in total. The molecule has 0 aromatic heterocycles. The van der Waals surface area contributed by atoms with E-state index < -0.39 is 5.82 Å². The summed E-state index contributed by atoms with van der Waals surface area (Å²) < 4.78 is 18.6. The van der Waals surface area contributed by atoms with E-state index in [4.69, 9.17) is 10.00 Å². The second-order valence-electron chi connectivity index (χ2n) is 6.35. The number of benzene rings is 2. The van der Waals surface area contributed by atoms with E-state index in [1.807, 2.05) is 30.3 Å². The number of carbonyl (C=O) groups is 1. The number of rotatable bonds is 4. The molecule has 1 heterocycles. The Bertz CT molecular complexity index is 842. The predicted molar refractivity (Wildman–Crippen MR) is 101 cm³/mol. The molecule has 1 aliphatic rings. The molecule has 1 saturated heterocycles. The Morgan fingerprint density at radius 2 is 1.96 bits per heavy atom. The van der Waals surface area contributed by atoms with Gasteiger partial charge in [-0.15, -0.1) is 0 Å². The molecule has 2 aromatic carbocycles. The molecule has 0 atom stereocenters. The third kappa shape index (κ3) is 4.74. The first kappa shape index (κ1) is 18.7. The van der Waals surface area contributed by atoms with Gasteiger partial charge in [0.1, 0.15) is 11.9 Å². The van der Waals surface area contributed by atoms with Gasteiger partial charge in [-0.25, -0.2) is 9.18 Å². The van der Waals surface area contributed by atoms with Crippen molar-refractivity contribution in [2.45, 2.75) is 6.54 Å². The minimum atomic E-state index is -0.515. The monoisotopic (exact) mass is 368 g/mol. The van der Waals surface area contributed by atoms with Gasteiger partial charge in [-0.3, -0.25) is 0 Å². The van der Waals surface area contributed by atoms with Crippen LogP contribution < -0.4 is 10.2 Å². The van der Waals surface area contributed by atoms with Crippen LogP contribution >= 0.6 is 0 Å². The van der Waals surface area contributed by atoms with Gasteiger partial charge in [0.15, 0.2) is 0 Å². The van der Waals surface area contributed by atoms with Crippen LogP contribution in [-0.4, -0.2) is 44.3 Å². The standard InChI is InChI=1S/C20H21FN4O2/c1-24(20(26)23-19-7-4-17(21)12-16(19)13-22)14-15-2-5-18(6-3-15)25-8-10-27-11-9-25/h2-7,12H,8-11,14H2,1H3,(H,23,26). The lowest BCUT2D eigenvalue weighted by molar-refractivity contribution is 0.122. The Morgan fingerprint density at radius 3 is 2.63 bits per heavy atom. The quantitative estimate of drug-likeness (QED) is 0.900. The maximum Gasteiger partial charge on any atom is 0.321 e. The number of ether oxygens (including phenoxy) is 1. The lowest BCUT2D eigenvalue weighted by Crippen LogP contribution is -2.36.